The van der Waals surface area contributed by atoms with Crippen LogP contribution in [0, 0.1) is 0 Å². The lowest BCUT2D eigenvalue weighted by molar-refractivity contribution is 0.819. The molecule has 0 N–H and O–H groups in total. The Hall–Kier alpha value is -2.08. The van der Waals surface area contributed by atoms with Gasteiger partial charge < -0.3 is 0 Å². The normalized spacial score (nSPS) is 13.7. The monoisotopic (exact) mass is 508 g/mol. The Balaban J connectivity index is 2.10. The highest BCUT2D eigenvalue weighted by atomic mass is 14.6. The Bertz CT molecular complexity index is 1670. The van der Waals surface area contributed by atoms with Crippen molar-refractivity contribution in [2.75, 3.05) is 0 Å². The maximum absolute atomic E-state index is 2.42. The van der Waals surface area contributed by atoms with Gasteiger partial charge in [0.15, 0.2) is 0 Å². The summed E-state index contributed by atoms with van der Waals surface area (Å²) >= 11 is 0. The molecule has 0 nitrogen and oxygen atoms in total. The molecule has 16 heteroatoms. The molecule has 4 aromatic carbocycles. The van der Waals surface area contributed by atoms with Gasteiger partial charge in [-0.15, -0.1) is 43.7 Å². The number of benzene rings is 4. The highest BCUT2D eigenvalue weighted by molar-refractivity contribution is 6.70. The molecule has 6 rings (SSSR count). The summed E-state index contributed by atoms with van der Waals surface area (Å²) in [7, 11) is 38.0. The third-order valence-corrected chi connectivity index (χ3v) is 12.8. The van der Waals surface area contributed by atoms with E-state index in [4.69, 9.17) is 0 Å². The van der Waals surface area contributed by atoms with Crippen molar-refractivity contribution in [3.05, 3.63) is 22.3 Å². The minimum absolute atomic E-state index is 0.323. The number of fused-ring (bicyclic) bond motifs is 10. The number of rotatable bonds is 0. The van der Waals surface area contributed by atoms with E-state index in [-0.39, 0.29) is 5.41 Å². The van der Waals surface area contributed by atoms with Crippen LogP contribution < -0.4 is 87.4 Å². The first-order valence-electron chi connectivity index (χ1n) is 15.5. The largest absolute Gasteiger partial charge is 0.139 e. The van der Waals surface area contributed by atoms with Gasteiger partial charge in [0.05, 0.1) is 5.41 Å². The van der Waals surface area contributed by atoms with E-state index in [1.807, 2.05) is 0 Å². The van der Waals surface area contributed by atoms with Crippen LogP contribution in [0.25, 0.3) is 22.3 Å². The second kappa shape index (κ2) is 8.97. The summed E-state index contributed by atoms with van der Waals surface area (Å²) in [5, 5.41) is 0. The maximum atomic E-state index is 2.42. The average Bonchev–Trinajstić information content (AvgIpc) is 3.43. The molecule has 4 aromatic rings. The summed E-state index contributed by atoms with van der Waals surface area (Å²) in [6.07, 6.45) is 0. The summed E-state index contributed by atoms with van der Waals surface area (Å²) < 4.78 is 0. The first-order valence-corrected chi connectivity index (χ1v) is 15.5. The first kappa shape index (κ1) is 29.0. The highest BCUT2D eigenvalue weighted by Gasteiger charge is 2.56. The predicted molar refractivity (Wildman–Crippen MR) is 234 cm³/mol. The predicted octanol–water partition coefficient (Wildman–Crippen LogP) is -21.8. The number of hydrogen-bond donors (Lipinski definition) is 0. The standard InChI is InChI=1S/C25H32B16/c26-9-1-2-6(14(31)22(39)18(35)10(2)27)25(5(1)13(30)21(38)17(9)34)7-3(11(28)19(36)23(40)15(7)32)4-8(25)16(33)24(41)20(37)12(4)29/h26-41H2. The fourth-order valence-electron chi connectivity index (χ4n) is 9.12. The van der Waals surface area contributed by atoms with Crippen molar-refractivity contribution in [3.8, 4) is 22.3 Å². The molecule has 41 heavy (non-hydrogen) atoms. The minimum atomic E-state index is -0.323. The molecule has 0 fully saturated rings. The number of hydrogen-bond acceptors (Lipinski definition) is 0. The van der Waals surface area contributed by atoms with Gasteiger partial charge in [0.2, 0.25) is 0 Å². The lowest BCUT2D eigenvalue weighted by atomic mass is 9.53. The van der Waals surface area contributed by atoms with Gasteiger partial charge in [0, 0.05) is 0 Å². The quantitative estimate of drug-likeness (QED) is 0.180. The zero-order chi connectivity index (χ0) is 30.4. The van der Waals surface area contributed by atoms with Gasteiger partial charge in [0.1, 0.15) is 126 Å². The smallest absolute Gasteiger partial charge is 0.101 e. The van der Waals surface area contributed by atoms with Crippen LogP contribution in [0.1, 0.15) is 22.3 Å². The van der Waals surface area contributed by atoms with Gasteiger partial charge in [-0.25, -0.2) is 0 Å². The Morgan fingerprint density at radius 2 is 0.341 bits per heavy atom. The third kappa shape index (κ3) is 3.09. The Morgan fingerprint density at radius 3 is 0.512 bits per heavy atom. The second-order valence-electron chi connectivity index (χ2n) is 13.8. The zero-order valence-corrected chi connectivity index (χ0v) is 28.5. The van der Waals surface area contributed by atoms with Crippen LogP contribution in [0.4, 0.5) is 0 Å². The molecule has 180 valence electrons. The summed E-state index contributed by atoms with van der Waals surface area (Å²) in [5.74, 6) is 0. The van der Waals surface area contributed by atoms with Gasteiger partial charge in [-0.1, -0.05) is 43.7 Å². The summed E-state index contributed by atoms with van der Waals surface area (Å²) in [4.78, 5) is 0. The summed E-state index contributed by atoms with van der Waals surface area (Å²) in [5.41, 5.74) is 35.2. The first-order chi connectivity index (χ1) is 19.1. The molecule has 0 aromatic heterocycles. The van der Waals surface area contributed by atoms with Crippen LogP contribution in [0.15, 0.2) is 0 Å². The van der Waals surface area contributed by atoms with Crippen LogP contribution in [0.2, 0.25) is 0 Å². The molecule has 0 saturated carbocycles. The summed E-state index contributed by atoms with van der Waals surface area (Å²) in [6, 6.07) is 0. The Labute approximate surface area is 261 Å². The molecule has 0 amide bonds. The molecule has 0 heterocycles. The lowest BCUT2D eigenvalue weighted by Gasteiger charge is -2.38. The van der Waals surface area contributed by atoms with E-state index >= 15 is 0 Å². The molecular weight excluding hydrogens is 473 g/mol. The molecule has 0 saturated heterocycles. The van der Waals surface area contributed by atoms with Crippen molar-refractivity contribution in [2.24, 2.45) is 0 Å². The molecule has 2 aliphatic carbocycles. The van der Waals surface area contributed by atoms with E-state index in [1.54, 1.807) is 22.3 Å². The van der Waals surface area contributed by atoms with E-state index in [2.05, 4.69) is 126 Å². The van der Waals surface area contributed by atoms with Crippen LogP contribution >= 0.6 is 0 Å². The lowest BCUT2D eigenvalue weighted by Crippen LogP contribution is -2.57. The summed E-state index contributed by atoms with van der Waals surface area (Å²) in [6.45, 7) is 0. The zero-order valence-electron chi connectivity index (χ0n) is 28.5. The maximum Gasteiger partial charge on any atom is 0.139 e. The van der Waals surface area contributed by atoms with Gasteiger partial charge in [0.25, 0.3) is 0 Å². The molecule has 0 unspecified atom stereocenters. The van der Waals surface area contributed by atoms with Crippen LogP contribution in [0.3, 0.4) is 0 Å². The van der Waals surface area contributed by atoms with E-state index in [0.717, 1.165) is 0 Å². The van der Waals surface area contributed by atoms with Crippen LogP contribution in [-0.2, 0) is 5.41 Å². The van der Waals surface area contributed by atoms with Gasteiger partial charge in [-0.3, -0.25) is 0 Å². The SMILES string of the molecule is Bc1c(B)c(B)c2c(c1B)-c1c(B)c(B)c(B)c(B)c1C21c2c(B)c(B)c(B)c(B)c2-c2c(B)c(B)c(B)c(B)c21. The molecule has 0 radical (unpaired) electrons. The topological polar surface area (TPSA) is 0 Å². The fourth-order valence-corrected chi connectivity index (χ4v) is 9.12. The highest BCUT2D eigenvalue weighted by Crippen LogP contribution is 2.58. The molecule has 1 spiro atoms. The second-order valence-corrected chi connectivity index (χ2v) is 13.8. The molecule has 0 atom stereocenters. The van der Waals surface area contributed by atoms with Crippen molar-refractivity contribution >= 4 is 213 Å². The van der Waals surface area contributed by atoms with Gasteiger partial charge >= 0.3 is 0 Å². The van der Waals surface area contributed by atoms with Crippen molar-refractivity contribution in [1.82, 2.24) is 0 Å². The van der Waals surface area contributed by atoms with Crippen molar-refractivity contribution in [1.29, 1.82) is 0 Å². The fraction of sp³-hybridized carbons (Fsp3) is 0.0400. The van der Waals surface area contributed by atoms with Gasteiger partial charge in [-0.2, -0.15) is 0 Å². The van der Waals surface area contributed by atoms with E-state index in [9.17, 15) is 0 Å². The van der Waals surface area contributed by atoms with Crippen LogP contribution in [-0.4, -0.2) is 126 Å². The molecule has 0 aliphatic heterocycles. The Morgan fingerprint density at radius 1 is 0.195 bits per heavy atom. The Kier molecular flexibility index (Phi) is 6.35. The van der Waals surface area contributed by atoms with E-state index in [0.29, 0.717) is 0 Å². The molecular formula is C25H32B16. The molecule has 0 bridgehead atoms. The minimum Gasteiger partial charge on any atom is -0.101 e. The average molecular weight is 506 g/mol. The van der Waals surface area contributed by atoms with Gasteiger partial charge in [-0.05, 0) is 44.5 Å². The van der Waals surface area contributed by atoms with Crippen molar-refractivity contribution in [2.45, 2.75) is 5.41 Å². The molecule has 2 aliphatic rings. The van der Waals surface area contributed by atoms with Crippen molar-refractivity contribution in [3.63, 3.8) is 0 Å². The van der Waals surface area contributed by atoms with Crippen LogP contribution in [0.5, 0.6) is 0 Å². The van der Waals surface area contributed by atoms with E-state index in [1.165, 1.54) is 110 Å². The van der Waals surface area contributed by atoms with E-state index < -0.39 is 0 Å². The third-order valence-electron chi connectivity index (χ3n) is 12.8. The van der Waals surface area contributed by atoms with Crippen molar-refractivity contribution < 1.29 is 0 Å².